The van der Waals surface area contributed by atoms with Crippen molar-refractivity contribution in [2.24, 2.45) is 0 Å². The van der Waals surface area contributed by atoms with Gasteiger partial charge >= 0.3 is 0 Å². The lowest BCUT2D eigenvalue weighted by Gasteiger charge is -2.44. The third-order valence-corrected chi connectivity index (χ3v) is 6.13. The Labute approximate surface area is 130 Å². The maximum Gasteiger partial charge on any atom is 0.259 e. The van der Waals surface area contributed by atoms with Gasteiger partial charge in [0.15, 0.2) is 0 Å². The van der Waals surface area contributed by atoms with E-state index in [9.17, 15) is 13.2 Å². The van der Waals surface area contributed by atoms with E-state index in [2.05, 4.69) is 5.16 Å². The molecule has 8 heteroatoms. The van der Waals surface area contributed by atoms with Crippen molar-refractivity contribution in [3.05, 3.63) is 17.5 Å². The van der Waals surface area contributed by atoms with Crippen LogP contribution in [0, 0.1) is 6.92 Å². The zero-order chi connectivity index (χ0) is 16.0. The molecule has 1 spiro atoms. The van der Waals surface area contributed by atoms with Crippen LogP contribution in [0.5, 0.6) is 0 Å². The minimum Gasteiger partial charge on any atom is -0.361 e. The van der Waals surface area contributed by atoms with Gasteiger partial charge in [-0.2, -0.15) is 4.31 Å². The van der Waals surface area contributed by atoms with Crippen molar-refractivity contribution in [3.63, 3.8) is 0 Å². The molecular weight excluding hydrogens is 306 g/mol. The van der Waals surface area contributed by atoms with Crippen LogP contribution in [0.25, 0.3) is 0 Å². The van der Waals surface area contributed by atoms with Crippen LogP contribution in [0.2, 0.25) is 0 Å². The zero-order valence-electron chi connectivity index (χ0n) is 12.9. The predicted octanol–water partition coefficient (Wildman–Crippen LogP) is 1.01. The number of aromatic nitrogens is 1. The molecule has 0 bridgehead atoms. The number of carbonyl (C=O) groups is 1. The van der Waals surface area contributed by atoms with Gasteiger partial charge in [-0.05, 0) is 32.6 Å². The molecule has 1 aromatic rings. The molecule has 1 amide bonds. The molecular formula is C14H21N3O4S. The Morgan fingerprint density at radius 1 is 1.32 bits per heavy atom. The van der Waals surface area contributed by atoms with Gasteiger partial charge in [-0.1, -0.05) is 5.16 Å². The smallest absolute Gasteiger partial charge is 0.259 e. The Morgan fingerprint density at radius 2 is 2.00 bits per heavy atom. The summed E-state index contributed by atoms with van der Waals surface area (Å²) in [4.78, 5) is 14.4. The quantitative estimate of drug-likeness (QED) is 0.809. The third kappa shape index (κ3) is 2.54. The van der Waals surface area contributed by atoms with E-state index < -0.39 is 15.6 Å². The average molecular weight is 327 g/mol. The molecule has 0 saturated carbocycles. The summed E-state index contributed by atoms with van der Waals surface area (Å²) >= 11 is 0. The maximum absolute atomic E-state index is 12.6. The fraction of sp³-hybridized carbons (Fsp3) is 0.714. The topological polar surface area (TPSA) is 83.7 Å². The van der Waals surface area contributed by atoms with Gasteiger partial charge in [0.05, 0.1) is 18.0 Å². The van der Waals surface area contributed by atoms with E-state index in [1.165, 1.54) is 12.5 Å². The van der Waals surface area contributed by atoms with Crippen molar-refractivity contribution < 1.29 is 17.7 Å². The van der Waals surface area contributed by atoms with E-state index in [-0.39, 0.29) is 5.91 Å². The Morgan fingerprint density at radius 3 is 2.59 bits per heavy atom. The molecule has 3 rings (SSSR count). The molecule has 122 valence electrons. The highest BCUT2D eigenvalue weighted by Crippen LogP contribution is 2.39. The van der Waals surface area contributed by atoms with Crippen molar-refractivity contribution in [3.8, 4) is 0 Å². The van der Waals surface area contributed by atoms with Crippen LogP contribution >= 0.6 is 0 Å². The number of sulfonamides is 1. The van der Waals surface area contributed by atoms with Gasteiger partial charge in [-0.15, -0.1) is 0 Å². The van der Waals surface area contributed by atoms with E-state index >= 15 is 0 Å². The first kappa shape index (κ1) is 15.5. The summed E-state index contributed by atoms with van der Waals surface area (Å²) in [7, 11) is -3.26. The highest BCUT2D eigenvalue weighted by Gasteiger charge is 2.48. The lowest BCUT2D eigenvalue weighted by Crippen LogP contribution is -2.58. The summed E-state index contributed by atoms with van der Waals surface area (Å²) in [5, 5.41) is 3.65. The SMILES string of the molecule is Cc1oncc1C(=O)N1CCCC2(CCCN2S(C)(=O)=O)C1. The molecule has 2 aliphatic heterocycles. The largest absolute Gasteiger partial charge is 0.361 e. The maximum atomic E-state index is 12.6. The van der Waals surface area contributed by atoms with E-state index in [4.69, 9.17) is 4.52 Å². The molecule has 2 saturated heterocycles. The van der Waals surface area contributed by atoms with Crippen molar-refractivity contribution in [1.82, 2.24) is 14.4 Å². The lowest BCUT2D eigenvalue weighted by atomic mass is 9.87. The fourth-order valence-electron chi connectivity index (χ4n) is 3.80. The van der Waals surface area contributed by atoms with Crippen LogP contribution in [0.1, 0.15) is 41.8 Å². The van der Waals surface area contributed by atoms with E-state index in [0.717, 1.165) is 25.7 Å². The first-order valence-corrected chi connectivity index (χ1v) is 9.37. The summed E-state index contributed by atoms with van der Waals surface area (Å²) in [5.41, 5.74) is 0.0213. The summed E-state index contributed by atoms with van der Waals surface area (Å²) in [5.74, 6) is 0.370. The summed E-state index contributed by atoms with van der Waals surface area (Å²) < 4.78 is 30.7. The van der Waals surface area contributed by atoms with Crippen LogP contribution < -0.4 is 0 Å². The molecule has 7 nitrogen and oxygen atoms in total. The van der Waals surface area contributed by atoms with Crippen molar-refractivity contribution in [2.75, 3.05) is 25.9 Å². The summed E-state index contributed by atoms with van der Waals surface area (Å²) in [6, 6.07) is 0. The molecule has 0 aromatic carbocycles. The molecule has 1 aromatic heterocycles. The van der Waals surface area contributed by atoms with Crippen LogP contribution in [0.15, 0.2) is 10.7 Å². The molecule has 2 fully saturated rings. The predicted molar refractivity (Wildman–Crippen MR) is 79.9 cm³/mol. The van der Waals surface area contributed by atoms with E-state index in [1.54, 1.807) is 16.1 Å². The number of hydrogen-bond donors (Lipinski definition) is 0. The number of hydrogen-bond acceptors (Lipinski definition) is 5. The lowest BCUT2D eigenvalue weighted by molar-refractivity contribution is 0.0523. The van der Waals surface area contributed by atoms with Crippen molar-refractivity contribution in [1.29, 1.82) is 0 Å². The Bertz CT molecular complexity index is 684. The summed E-state index contributed by atoms with van der Waals surface area (Å²) in [6.07, 6.45) is 5.97. The van der Waals surface area contributed by atoms with Crippen LogP contribution in [-0.2, 0) is 10.0 Å². The molecule has 22 heavy (non-hydrogen) atoms. The number of carbonyl (C=O) groups excluding carboxylic acids is 1. The highest BCUT2D eigenvalue weighted by molar-refractivity contribution is 7.88. The number of nitrogens with zero attached hydrogens (tertiary/aromatic N) is 3. The molecule has 1 unspecified atom stereocenters. The minimum atomic E-state index is -3.26. The van der Waals surface area contributed by atoms with Crippen molar-refractivity contribution in [2.45, 2.75) is 38.1 Å². The van der Waals surface area contributed by atoms with Gasteiger partial charge in [-0.3, -0.25) is 4.79 Å². The molecule has 0 radical (unpaired) electrons. The fourth-order valence-corrected chi connectivity index (χ4v) is 5.20. The van der Waals surface area contributed by atoms with Gasteiger partial charge in [-0.25, -0.2) is 8.42 Å². The third-order valence-electron chi connectivity index (χ3n) is 4.76. The second-order valence-electron chi connectivity index (χ2n) is 6.29. The average Bonchev–Trinajstić information content (AvgIpc) is 3.04. The monoisotopic (exact) mass is 327 g/mol. The molecule has 1 atom stereocenters. The molecule has 0 aliphatic carbocycles. The first-order chi connectivity index (χ1) is 10.3. The van der Waals surface area contributed by atoms with Gasteiger partial charge in [0.1, 0.15) is 11.3 Å². The summed E-state index contributed by atoms with van der Waals surface area (Å²) in [6.45, 7) is 3.35. The number of amides is 1. The van der Waals surface area contributed by atoms with Gasteiger partial charge < -0.3 is 9.42 Å². The number of piperidine rings is 1. The van der Waals surface area contributed by atoms with Crippen molar-refractivity contribution >= 4 is 15.9 Å². The Balaban J connectivity index is 1.85. The number of aryl methyl sites for hydroxylation is 1. The molecule has 3 heterocycles. The van der Waals surface area contributed by atoms with Gasteiger partial charge in [0.25, 0.3) is 5.91 Å². The number of likely N-dealkylation sites (tertiary alicyclic amines) is 1. The normalized spacial score (nSPS) is 26.7. The van der Waals surface area contributed by atoms with Gasteiger partial charge in [0, 0.05) is 19.6 Å². The first-order valence-electron chi connectivity index (χ1n) is 7.52. The van der Waals surface area contributed by atoms with E-state index in [1.807, 2.05) is 0 Å². The Hall–Kier alpha value is -1.41. The second-order valence-corrected chi connectivity index (χ2v) is 8.20. The molecule has 2 aliphatic rings. The molecule has 0 N–H and O–H groups in total. The van der Waals surface area contributed by atoms with Crippen LogP contribution in [0.4, 0.5) is 0 Å². The van der Waals surface area contributed by atoms with Crippen LogP contribution in [-0.4, -0.2) is 60.1 Å². The second kappa shape index (κ2) is 5.34. The zero-order valence-corrected chi connectivity index (χ0v) is 13.7. The highest BCUT2D eigenvalue weighted by atomic mass is 32.2. The number of rotatable bonds is 2. The van der Waals surface area contributed by atoms with Gasteiger partial charge in [0.2, 0.25) is 10.0 Å². The van der Waals surface area contributed by atoms with Crippen LogP contribution in [0.3, 0.4) is 0 Å². The Kier molecular flexibility index (Phi) is 3.76. The standard InChI is InChI=1S/C14H21N3O4S/c1-11-12(9-15-21-11)13(18)16-7-3-5-14(10-16)6-4-8-17(14)22(2,19)20/h9H,3-8,10H2,1-2H3. The minimum absolute atomic E-state index is 0.127. The van der Waals surface area contributed by atoms with E-state index in [0.29, 0.717) is 31.0 Å².